The van der Waals surface area contributed by atoms with Gasteiger partial charge in [0.2, 0.25) is 0 Å². The summed E-state index contributed by atoms with van der Waals surface area (Å²) in [6.07, 6.45) is 3.51. The van der Waals surface area contributed by atoms with Crippen LogP contribution < -0.4 is 10.1 Å². The Kier molecular flexibility index (Phi) is 4.76. The Morgan fingerprint density at radius 3 is 2.86 bits per heavy atom. The molecule has 1 aliphatic rings. The van der Waals surface area contributed by atoms with Crippen LogP contribution in [-0.4, -0.2) is 30.1 Å². The highest BCUT2D eigenvalue weighted by molar-refractivity contribution is 6.35. The number of esters is 1. The zero-order valence-electron chi connectivity index (χ0n) is 15.3. The van der Waals surface area contributed by atoms with Gasteiger partial charge in [-0.3, -0.25) is 9.78 Å². The molecular formula is C22H18N2O4. The highest BCUT2D eigenvalue weighted by atomic mass is 16.6. The van der Waals surface area contributed by atoms with Crippen molar-refractivity contribution in [1.82, 2.24) is 4.98 Å². The van der Waals surface area contributed by atoms with Crippen LogP contribution in [0.3, 0.4) is 0 Å². The summed E-state index contributed by atoms with van der Waals surface area (Å²) in [6.45, 7) is 1.86. The molecule has 1 amide bonds. The lowest BCUT2D eigenvalue weighted by Gasteiger charge is -2.10. The molecule has 3 aromatic rings. The molecule has 0 aliphatic carbocycles. The van der Waals surface area contributed by atoms with Gasteiger partial charge in [-0.05, 0) is 36.8 Å². The number of ether oxygens (including phenoxy) is 2. The summed E-state index contributed by atoms with van der Waals surface area (Å²) in [4.78, 5) is 28.4. The Balaban J connectivity index is 1.73. The van der Waals surface area contributed by atoms with Gasteiger partial charge in [0.25, 0.3) is 5.91 Å². The molecule has 0 radical (unpaired) electrons. The highest BCUT2D eigenvalue weighted by Gasteiger charge is 2.23. The first-order chi connectivity index (χ1) is 13.7. The van der Waals surface area contributed by atoms with Gasteiger partial charge in [-0.2, -0.15) is 0 Å². The van der Waals surface area contributed by atoms with E-state index in [0.717, 1.165) is 22.2 Å². The molecule has 0 saturated carbocycles. The van der Waals surface area contributed by atoms with Crippen LogP contribution in [0, 0.1) is 0 Å². The van der Waals surface area contributed by atoms with Gasteiger partial charge >= 0.3 is 5.97 Å². The van der Waals surface area contributed by atoms with Gasteiger partial charge in [0.15, 0.2) is 6.61 Å². The number of carbonyl (C=O) groups is 2. The fraction of sp³-hybridized carbons (Fsp3) is 0.136. The van der Waals surface area contributed by atoms with Crippen molar-refractivity contribution in [2.24, 2.45) is 0 Å². The smallest absolute Gasteiger partial charge is 0.344 e. The molecule has 0 fully saturated rings. The standard InChI is InChI=1S/C22H18N2O4/c1-2-27-20(25)13-28-19-10-9-14(15-7-5-11-23-21(15)19)12-17-16-6-3-4-8-18(16)24-22(17)26/h3-12H,2,13H2,1H3,(H,24,26). The minimum atomic E-state index is -0.433. The zero-order valence-corrected chi connectivity index (χ0v) is 15.3. The van der Waals surface area contributed by atoms with Crippen molar-refractivity contribution in [2.45, 2.75) is 6.92 Å². The molecule has 0 saturated heterocycles. The van der Waals surface area contributed by atoms with E-state index in [2.05, 4.69) is 10.3 Å². The van der Waals surface area contributed by atoms with Crippen molar-refractivity contribution < 1.29 is 19.1 Å². The van der Waals surface area contributed by atoms with Gasteiger partial charge in [-0.25, -0.2) is 4.79 Å². The van der Waals surface area contributed by atoms with E-state index >= 15 is 0 Å². The van der Waals surface area contributed by atoms with E-state index in [9.17, 15) is 9.59 Å². The number of rotatable bonds is 5. The molecule has 0 unspecified atom stereocenters. The van der Waals surface area contributed by atoms with Gasteiger partial charge in [-0.15, -0.1) is 0 Å². The van der Waals surface area contributed by atoms with Crippen LogP contribution in [0.15, 0.2) is 54.7 Å². The SMILES string of the molecule is CCOC(=O)COc1ccc(C=C2C(=O)Nc3ccccc32)c2cccnc12. The number of benzene rings is 2. The molecule has 140 valence electrons. The summed E-state index contributed by atoms with van der Waals surface area (Å²) >= 11 is 0. The van der Waals surface area contributed by atoms with Gasteiger partial charge in [0.05, 0.1) is 6.61 Å². The molecule has 2 heterocycles. The molecule has 2 aromatic carbocycles. The normalized spacial score (nSPS) is 14.0. The van der Waals surface area contributed by atoms with Crippen molar-refractivity contribution in [2.75, 3.05) is 18.5 Å². The Morgan fingerprint density at radius 1 is 1.14 bits per heavy atom. The number of anilines is 1. The third-order valence-electron chi connectivity index (χ3n) is 4.43. The zero-order chi connectivity index (χ0) is 19.5. The van der Waals surface area contributed by atoms with E-state index in [4.69, 9.17) is 9.47 Å². The highest BCUT2D eigenvalue weighted by Crippen LogP contribution is 2.35. The van der Waals surface area contributed by atoms with Crippen LogP contribution in [0.1, 0.15) is 18.1 Å². The Morgan fingerprint density at radius 2 is 2.00 bits per heavy atom. The minimum absolute atomic E-state index is 0.138. The molecule has 6 nitrogen and oxygen atoms in total. The number of nitrogens with zero attached hydrogens (tertiary/aromatic N) is 1. The largest absolute Gasteiger partial charge is 0.480 e. The van der Waals surface area contributed by atoms with Gasteiger partial charge in [-0.1, -0.05) is 30.3 Å². The first kappa shape index (κ1) is 17.7. The quantitative estimate of drug-likeness (QED) is 0.545. The van der Waals surface area contributed by atoms with Crippen LogP contribution in [0.5, 0.6) is 5.75 Å². The molecule has 0 bridgehead atoms. The van der Waals surface area contributed by atoms with Crippen molar-refractivity contribution >= 4 is 40.1 Å². The average Bonchev–Trinajstić information content (AvgIpc) is 3.03. The van der Waals surface area contributed by atoms with Crippen LogP contribution in [-0.2, 0) is 14.3 Å². The molecule has 0 spiro atoms. The Bertz CT molecular complexity index is 1100. The summed E-state index contributed by atoms with van der Waals surface area (Å²) in [7, 11) is 0. The number of hydrogen-bond donors (Lipinski definition) is 1. The molecule has 28 heavy (non-hydrogen) atoms. The van der Waals surface area contributed by atoms with E-state index in [0.29, 0.717) is 23.4 Å². The Hall–Kier alpha value is -3.67. The average molecular weight is 374 g/mol. The lowest BCUT2D eigenvalue weighted by molar-refractivity contribution is -0.145. The molecule has 1 aliphatic heterocycles. The van der Waals surface area contributed by atoms with Crippen LogP contribution >= 0.6 is 0 Å². The topological polar surface area (TPSA) is 77.5 Å². The van der Waals surface area contributed by atoms with Gasteiger partial charge in [0, 0.05) is 28.4 Å². The van der Waals surface area contributed by atoms with Crippen molar-refractivity contribution in [1.29, 1.82) is 0 Å². The minimum Gasteiger partial charge on any atom is -0.480 e. The molecule has 4 rings (SSSR count). The summed E-state index contributed by atoms with van der Waals surface area (Å²) in [6, 6.07) is 14.9. The maximum Gasteiger partial charge on any atom is 0.344 e. The van der Waals surface area contributed by atoms with Crippen molar-refractivity contribution in [3.05, 3.63) is 65.9 Å². The number of aromatic nitrogens is 1. The third kappa shape index (κ3) is 3.32. The third-order valence-corrected chi connectivity index (χ3v) is 4.43. The van der Waals surface area contributed by atoms with Gasteiger partial charge in [0.1, 0.15) is 11.3 Å². The number of nitrogens with one attached hydrogen (secondary N) is 1. The molecule has 1 N–H and O–H groups in total. The number of pyridine rings is 1. The maximum absolute atomic E-state index is 12.4. The molecule has 1 aromatic heterocycles. The second-order valence-electron chi connectivity index (χ2n) is 6.20. The number of fused-ring (bicyclic) bond motifs is 2. The Labute approximate surface area is 161 Å². The second kappa shape index (κ2) is 7.52. The lowest BCUT2D eigenvalue weighted by atomic mass is 10.0. The fourth-order valence-corrected chi connectivity index (χ4v) is 3.19. The van der Waals surface area contributed by atoms with E-state index in [1.54, 1.807) is 19.2 Å². The summed E-state index contributed by atoms with van der Waals surface area (Å²) in [5, 5.41) is 3.70. The molecule has 0 atom stereocenters. The number of para-hydroxylation sites is 1. The first-order valence-corrected chi connectivity index (χ1v) is 8.96. The predicted molar refractivity (Wildman–Crippen MR) is 107 cm³/mol. The molecular weight excluding hydrogens is 356 g/mol. The van der Waals surface area contributed by atoms with Crippen LogP contribution in [0.4, 0.5) is 5.69 Å². The summed E-state index contributed by atoms with van der Waals surface area (Å²) < 4.78 is 10.5. The maximum atomic E-state index is 12.4. The van der Waals surface area contributed by atoms with Crippen molar-refractivity contribution in [3.63, 3.8) is 0 Å². The first-order valence-electron chi connectivity index (χ1n) is 8.96. The van der Waals surface area contributed by atoms with Crippen LogP contribution in [0.2, 0.25) is 0 Å². The van der Waals surface area contributed by atoms with E-state index in [1.807, 2.05) is 48.5 Å². The van der Waals surface area contributed by atoms with Gasteiger partial charge < -0.3 is 14.8 Å². The number of carbonyl (C=O) groups excluding carboxylic acids is 2. The van der Waals surface area contributed by atoms with Crippen LogP contribution in [0.25, 0.3) is 22.6 Å². The number of hydrogen-bond acceptors (Lipinski definition) is 5. The fourth-order valence-electron chi connectivity index (χ4n) is 3.19. The summed E-state index contributed by atoms with van der Waals surface area (Å²) in [5.41, 5.74) is 3.73. The predicted octanol–water partition coefficient (Wildman–Crippen LogP) is 3.67. The van der Waals surface area contributed by atoms with E-state index < -0.39 is 5.97 Å². The van der Waals surface area contributed by atoms with E-state index in [1.165, 1.54) is 0 Å². The van der Waals surface area contributed by atoms with E-state index in [-0.39, 0.29) is 12.5 Å². The lowest BCUT2D eigenvalue weighted by Crippen LogP contribution is -2.14. The van der Waals surface area contributed by atoms with Crippen molar-refractivity contribution in [3.8, 4) is 5.75 Å². The second-order valence-corrected chi connectivity index (χ2v) is 6.20. The monoisotopic (exact) mass is 374 g/mol. The summed E-state index contributed by atoms with van der Waals surface area (Å²) in [5.74, 6) is -0.0834. The molecule has 6 heteroatoms. The number of amides is 1.